The molecule has 2 atom stereocenters. The minimum Gasteiger partial charge on any atom is -0.441 e. The Bertz CT molecular complexity index is 432. The summed E-state index contributed by atoms with van der Waals surface area (Å²) in [6.45, 7) is 3.08. The van der Waals surface area contributed by atoms with E-state index in [9.17, 15) is 4.79 Å². The van der Waals surface area contributed by atoms with E-state index in [1.807, 2.05) is 31.2 Å². The lowest BCUT2D eigenvalue weighted by molar-refractivity contribution is 0.103. The van der Waals surface area contributed by atoms with Gasteiger partial charge in [0.1, 0.15) is 12.1 Å². The van der Waals surface area contributed by atoms with Crippen LogP contribution in [0.2, 0.25) is 0 Å². The number of carbonyl (C=O) groups excluding carboxylic acids is 1. The monoisotopic (exact) mass is 219 g/mol. The van der Waals surface area contributed by atoms with E-state index < -0.39 is 0 Å². The van der Waals surface area contributed by atoms with E-state index in [4.69, 9.17) is 9.47 Å². The molecule has 2 fully saturated rings. The summed E-state index contributed by atoms with van der Waals surface area (Å²) in [6, 6.07) is 7.90. The van der Waals surface area contributed by atoms with Crippen molar-refractivity contribution in [1.29, 1.82) is 0 Å². The van der Waals surface area contributed by atoms with Gasteiger partial charge in [-0.1, -0.05) is 12.1 Å². The van der Waals surface area contributed by atoms with Crippen molar-refractivity contribution in [3.05, 3.63) is 29.8 Å². The highest BCUT2D eigenvalue weighted by Gasteiger charge is 2.46. The summed E-state index contributed by atoms with van der Waals surface area (Å²) in [5.74, 6) is 0. The Labute approximate surface area is 93.8 Å². The Kier molecular flexibility index (Phi) is 2.11. The third-order valence-electron chi connectivity index (χ3n) is 3.06. The van der Waals surface area contributed by atoms with Gasteiger partial charge in [-0.15, -0.1) is 0 Å². The molecule has 84 valence electrons. The summed E-state index contributed by atoms with van der Waals surface area (Å²) in [5, 5.41) is 0. The van der Waals surface area contributed by atoms with Gasteiger partial charge in [0, 0.05) is 5.69 Å². The fraction of sp³-hybridized carbons (Fsp3) is 0.417. The molecule has 0 saturated carbocycles. The van der Waals surface area contributed by atoms with E-state index in [0.717, 1.165) is 11.3 Å². The highest BCUT2D eigenvalue weighted by Crippen LogP contribution is 2.30. The predicted molar refractivity (Wildman–Crippen MR) is 58.5 cm³/mol. The smallest absolute Gasteiger partial charge is 0.415 e. The molecular formula is C12H13NO3. The first-order valence-electron chi connectivity index (χ1n) is 5.40. The lowest BCUT2D eigenvalue weighted by Crippen LogP contribution is -2.36. The molecule has 2 aliphatic heterocycles. The average molecular weight is 219 g/mol. The second-order valence-electron chi connectivity index (χ2n) is 4.24. The molecule has 2 heterocycles. The van der Waals surface area contributed by atoms with Crippen molar-refractivity contribution >= 4 is 11.8 Å². The van der Waals surface area contributed by atoms with E-state index in [1.54, 1.807) is 4.90 Å². The number of aryl methyl sites for hydroxylation is 1. The molecule has 2 unspecified atom stereocenters. The SMILES string of the molecule is Cc1cccc(N2C(=O)OC3COCC32)c1. The van der Waals surface area contributed by atoms with E-state index in [2.05, 4.69) is 0 Å². The maximum absolute atomic E-state index is 11.7. The fourth-order valence-corrected chi connectivity index (χ4v) is 2.27. The van der Waals surface area contributed by atoms with Crippen molar-refractivity contribution < 1.29 is 14.3 Å². The van der Waals surface area contributed by atoms with Crippen LogP contribution in [0.1, 0.15) is 5.56 Å². The van der Waals surface area contributed by atoms with Gasteiger partial charge in [0.05, 0.1) is 13.2 Å². The first-order valence-corrected chi connectivity index (χ1v) is 5.40. The molecule has 1 aromatic rings. The first-order chi connectivity index (χ1) is 7.75. The van der Waals surface area contributed by atoms with Crippen LogP contribution >= 0.6 is 0 Å². The summed E-state index contributed by atoms with van der Waals surface area (Å²) in [5.41, 5.74) is 2.02. The normalized spacial score (nSPS) is 28.1. The zero-order valence-electron chi connectivity index (χ0n) is 9.05. The molecular weight excluding hydrogens is 206 g/mol. The number of amides is 1. The molecule has 3 rings (SSSR count). The van der Waals surface area contributed by atoms with Crippen LogP contribution in [0.5, 0.6) is 0 Å². The quantitative estimate of drug-likeness (QED) is 0.721. The summed E-state index contributed by atoms with van der Waals surface area (Å²) in [7, 11) is 0. The molecule has 16 heavy (non-hydrogen) atoms. The van der Waals surface area contributed by atoms with Crippen LogP contribution in [0.4, 0.5) is 10.5 Å². The van der Waals surface area contributed by atoms with Crippen molar-refractivity contribution in [2.24, 2.45) is 0 Å². The van der Waals surface area contributed by atoms with Gasteiger partial charge < -0.3 is 9.47 Å². The van der Waals surface area contributed by atoms with Gasteiger partial charge in [-0.2, -0.15) is 0 Å². The van der Waals surface area contributed by atoms with Gasteiger partial charge in [0.2, 0.25) is 0 Å². The summed E-state index contributed by atoms with van der Waals surface area (Å²) in [4.78, 5) is 13.4. The zero-order chi connectivity index (χ0) is 11.1. The first kappa shape index (κ1) is 9.66. The second-order valence-corrected chi connectivity index (χ2v) is 4.24. The molecule has 0 aliphatic carbocycles. The van der Waals surface area contributed by atoms with Crippen LogP contribution in [-0.4, -0.2) is 31.5 Å². The Hall–Kier alpha value is -1.55. The Morgan fingerprint density at radius 1 is 1.38 bits per heavy atom. The predicted octanol–water partition coefficient (Wildman–Crippen LogP) is 1.72. The Balaban J connectivity index is 1.96. The minimum absolute atomic E-state index is 0.0364. The standard InChI is InChI=1S/C12H13NO3/c1-8-3-2-4-9(5-8)13-10-6-15-7-11(10)16-12(13)14/h2-5,10-11H,6-7H2,1H3. The molecule has 0 radical (unpaired) electrons. The van der Waals surface area contributed by atoms with Crippen LogP contribution in [0.15, 0.2) is 24.3 Å². The maximum atomic E-state index is 11.7. The fourth-order valence-electron chi connectivity index (χ4n) is 2.27. The lowest BCUT2D eigenvalue weighted by Gasteiger charge is -2.19. The molecule has 4 heteroatoms. The van der Waals surface area contributed by atoms with Gasteiger partial charge in [-0.25, -0.2) is 4.79 Å². The van der Waals surface area contributed by atoms with E-state index in [0.29, 0.717) is 13.2 Å². The van der Waals surface area contributed by atoms with Gasteiger partial charge in [-0.3, -0.25) is 4.90 Å². The van der Waals surface area contributed by atoms with Gasteiger partial charge >= 0.3 is 6.09 Å². The number of hydrogen-bond donors (Lipinski definition) is 0. The number of fused-ring (bicyclic) bond motifs is 1. The highest BCUT2D eigenvalue weighted by atomic mass is 16.6. The number of benzene rings is 1. The van der Waals surface area contributed by atoms with Gasteiger partial charge in [-0.05, 0) is 24.6 Å². The van der Waals surface area contributed by atoms with E-state index in [1.165, 1.54) is 0 Å². The van der Waals surface area contributed by atoms with Gasteiger partial charge in [0.15, 0.2) is 0 Å². The lowest BCUT2D eigenvalue weighted by atomic mass is 10.1. The highest BCUT2D eigenvalue weighted by molar-refractivity contribution is 5.91. The second kappa shape index (κ2) is 3.49. The summed E-state index contributed by atoms with van der Waals surface area (Å²) >= 11 is 0. The van der Waals surface area contributed by atoms with E-state index in [-0.39, 0.29) is 18.2 Å². The summed E-state index contributed by atoms with van der Waals surface area (Å²) in [6.07, 6.45) is -0.364. The number of anilines is 1. The van der Waals surface area contributed by atoms with Crippen molar-refractivity contribution in [1.82, 2.24) is 0 Å². The van der Waals surface area contributed by atoms with E-state index >= 15 is 0 Å². The number of nitrogens with zero attached hydrogens (tertiary/aromatic N) is 1. The van der Waals surface area contributed by atoms with Gasteiger partial charge in [0.25, 0.3) is 0 Å². The zero-order valence-corrected chi connectivity index (χ0v) is 9.05. The number of hydrogen-bond acceptors (Lipinski definition) is 3. The van der Waals surface area contributed by atoms with Crippen LogP contribution in [0, 0.1) is 6.92 Å². The number of rotatable bonds is 1. The van der Waals surface area contributed by atoms with Crippen LogP contribution < -0.4 is 4.90 Å². The molecule has 2 aliphatic rings. The van der Waals surface area contributed by atoms with Crippen molar-refractivity contribution in [2.75, 3.05) is 18.1 Å². The minimum atomic E-state index is -0.260. The van der Waals surface area contributed by atoms with Crippen LogP contribution in [0.25, 0.3) is 0 Å². The average Bonchev–Trinajstić information content (AvgIpc) is 2.76. The molecule has 0 N–H and O–H groups in total. The molecule has 1 amide bonds. The largest absolute Gasteiger partial charge is 0.441 e. The third-order valence-corrected chi connectivity index (χ3v) is 3.06. The topological polar surface area (TPSA) is 38.8 Å². The van der Waals surface area contributed by atoms with Crippen LogP contribution in [-0.2, 0) is 9.47 Å². The number of ether oxygens (including phenoxy) is 2. The molecule has 4 nitrogen and oxygen atoms in total. The molecule has 0 bridgehead atoms. The molecule has 1 aromatic carbocycles. The van der Waals surface area contributed by atoms with Crippen molar-refractivity contribution in [2.45, 2.75) is 19.1 Å². The third kappa shape index (κ3) is 1.38. The van der Waals surface area contributed by atoms with Crippen LogP contribution in [0.3, 0.4) is 0 Å². The molecule has 2 saturated heterocycles. The number of carbonyl (C=O) groups is 1. The Morgan fingerprint density at radius 2 is 2.25 bits per heavy atom. The molecule has 0 spiro atoms. The van der Waals surface area contributed by atoms with Crippen molar-refractivity contribution in [3.63, 3.8) is 0 Å². The summed E-state index contributed by atoms with van der Waals surface area (Å²) < 4.78 is 10.6. The van der Waals surface area contributed by atoms with Crippen molar-refractivity contribution in [3.8, 4) is 0 Å². The Morgan fingerprint density at radius 3 is 3.06 bits per heavy atom. The maximum Gasteiger partial charge on any atom is 0.415 e. The molecule has 0 aromatic heterocycles.